The molecule has 0 aliphatic carbocycles. The summed E-state index contributed by atoms with van der Waals surface area (Å²) in [6.07, 6.45) is 0.679. The molecule has 2 heterocycles. The summed E-state index contributed by atoms with van der Waals surface area (Å²) >= 11 is 3.23. The van der Waals surface area contributed by atoms with Crippen LogP contribution in [0, 0.1) is 17.0 Å². The van der Waals surface area contributed by atoms with Gasteiger partial charge in [0.1, 0.15) is 10.0 Å². The first-order valence-electron chi connectivity index (χ1n) is 7.64. The number of thiazole rings is 2. The van der Waals surface area contributed by atoms with Crippen LogP contribution in [0.1, 0.15) is 15.6 Å². The Morgan fingerprint density at radius 3 is 2.76 bits per heavy atom. The van der Waals surface area contributed by atoms with E-state index in [4.69, 9.17) is 0 Å². The van der Waals surface area contributed by atoms with Crippen LogP contribution in [0.15, 0.2) is 47.8 Å². The van der Waals surface area contributed by atoms with E-state index in [2.05, 4.69) is 16.0 Å². The monoisotopic (exact) mass is 367 g/mol. The van der Waals surface area contributed by atoms with Crippen molar-refractivity contribution in [3.63, 3.8) is 0 Å². The molecule has 2 aromatic heterocycles. The topological polar surface area (TPSA) is 68.9 Å². The van der Waals surface area contributed by atoms with Gasteiger partial charge in [0.2, 0.25) is 0 Å². The second kappa shape index (κ2) is 6.34. The first kappa shape index (κ1) is 15.9. The number of nitrogens with zero attached hydrogens (tertiary/aromatic N) is 3. The molecule has 4 rings (SSSR count). The summed E-state index contributed by atoms with van der Waals surface area (Å²) in [5.41, 5.74) is 3.32. The van der Waals surface area contributed by atoms with E-state index in [-0.39, 0.29) is 10.6 Å². The minimum atomic E-state index is -0.354. The fourth-order valence-electron chi connectivity index (χ4n) is 2.62. The zero-order chi connectivity index (χ0) is 17.4. The van der Waals surface area contributed by atoms with Crippen molar-refractivity contribution in [1.82, 2.24) is 9.97 Å². The Morgan fingerprint density at radius 1 is 1.12 bits per heavy atom. The van der Waals surface area contributed by atoms with E-state index in [9.17, 15) is 10.1 Å². The maximum absolute atomic E-state index is 11.1. The third-order valence-electron chi connectivity index (χ3n) is 3.89. The number of rotatable bonds is 4. The van der Waals surface area contributed by atoms with Crippen LogP contribution in [0.25, 0.3) is 21.5 Å². The van der Waals surface area contributed by atoms with Gasteiger partial charge >= 0.3 is 0 Å². The lowest BCUT2D eigenvalue weighted by atomic mass is 10.1. The normalized spacial score (nSPS) is 11.1. The minimum Gasteiger partial charge on any atom is -0.258 e. The number of hydrogen-bond donors (Lipinski definition) is 0. The molecule has 2 aromatic carbocycles. The molecule has 0 bridgehead atoms. The lowest BCUT2D eigenvalue weighted by molar-refractivity contribution is -0.385. The molecule has 7 heteroatoms. The fourth-order valence-corrected chi connectivity index (χ4v) is 4.49. The van der Waals surface area contributed by atoms with Crippen LogP contribution in [0.5, 0.6) is 0 Å². The Kier molecular flexibility index (Phi) is 4.03. The summed E-state index contributed by atoms with van der Waals surface area (Å²) in [6.45, 7) is 1.74. The van der Waals surface area contributed by atoms with Gasteiger partial charge in [0, 0.05) is 22.6 Å². The van der Waals surface area contributed by atoms with Crippen LogP contribution in [0.2, 0.25) is 0 Å². The van der Waals surface area contributed by atoms with Crippen molar-refractivity contribution in [2.75, 3.05) is 0 Å². The van der Waals surface area contributed by atoms with Gasteiger partial charge in [-0.1, -0.05) is 24.3 Å². The summed E-state index contributed by atoms with van der Waals surface area (Å²) in [7, 11) is 0. The largest absolute Gasteiger partial charge is 0.272 e. The number of nitro benzene ring substituents is 1. The highest BCUT2D eigenvalue weighted by Gasteiger charge is 2.14. The summed E-state index contributed by atoms with van der Waals surface area (Å²) in [5, 5.41) is 15.0. The van der Waals surface area contributed by atoms with Crippen LogP contribution in [0.3, 0.4) is 0 Å². The van der Waals surface area contributed by atoms with Gasteiger partial charge in [0.15, 0.2) is 0 Å². The number of aryl methyl sites for hydroxylation is 1. The first-order chi connectivity index (χ1) is 12.1. The van der Waals surface area contributed by atoms with Gasteiger partial charge in [-0.2, -0.15) is 0 Å². The SMILES string of the molecule is Cc1ccc(-c2csc(Cc3nc4ccccc4s3)n2)cc1[N+](=O)[O-]. The third-order valence-corrected chi connectivity index (χ3v) is 5.78. The Bertz CT molecular complexity index is 1050. The molecule has 0 fully saturated rings. The van der Waals surface area contributed by atoms with Crippen molar-refractivity contribution in [2.45, 2.75) is 13.3 Å². The maximum Gasteiger partial charge on any atom is 0.272 e. The lowest BCUT2D eigenvalue weighted by Gasteiger charge is -2.00. The third kappa shape index (κ3) is 3.16. The molecule has 0 saturated heterocycles. The van der Waals surface area contributed by atoms with Crippen molar-refractivity contribution in [2.24, 2.45) is 0 Å². The first-order valence-corrected chi connectivity index (χ1v) is 9.34. The Labute approximate surface area is 151 Å². The number of hydrogen-bond acceptors (Lipinski definition) is 6. The molecular formula is C18H13N3O2S2. The van der Waals surface area contributed by atoms with Gasteiger partial charge in [0.25, 0.3) is 5.69 Å². The average Bonchev–Trinajstić information content (AvgIpc) is 3.21. The Balaban J connectivity index is 1.62. The summed E-state index contributed by atoms with van der Waals surface area (Å²) in [5.74, 6) is 0. The van der Waals surface area contributed by atoms with Crippen LogP contribution >= 0.6 is 22.7 Å². The highest BCUT2D eigenvalue weighted by Crippen LogP contribution is 2.29. The van der Waals surface area contributed by atoms with E-state index >= 15 is 0 Å². The predicted molar refractivity (Wildman–Crippen MR) is 101 cm³/mol. The predicted octanol–water partition coefficient (Wildman–Crippen LogP) is 5.23. The molecule has 0 aliphatic rings. The minimum absolute atomic E-state index is 0.123. The molecule has 5 nitrogen and oxygen atoms in total. The van der Waals surface area contributed by atoms with Crippen LogP contribution in [-0.2, 0) is 6.42 Å². The van der Waals surface area contributed by atoms with Crippen molar-refractivity contribution < 1.29 is 4.92 Å². The number of nitro groups is 1. The van der Waals surface area contributed by atoms with Gasteiger partial charge in [-0.05, 0) is 19.1 Å². The zero-order valence-corrected chi connectivity index (χ0v) is 14.9. The average molecular weight is 367 g/mol. The van der Waals surface area contributed by atoms with E-state index in [0.717, 1.165) is 26.8 Å². The molecule has 0 N–H and O–H groups in total. The van der Waals surface area contributed by atoms with Gasteiger partial charge in [-0.25, -0.2) is 9.97 Å². The van der Waals surface area contributed by atoms with E-state index < -0.39 is 0 Å². The van der Waals surface area contributed by atoms with Gasteiger partial charge in [-0.15, -0.1) is 22.7 Å². The number of benzene rings is 2. The van der Waals surface area contributed by atoms with E-state index in [1.807, 2.05) is 29.6 Å². The lowest BCUT2D eigenvalue weighted by Crippen LogP contribution is -1.92. The van der Waals surface area contributed by atoms with E-state index in [0.29, 0.717) is 12.0 Å². The smallest absolute Gasteiger partial charge is 0.258 e. The Hall–Kier alpha value is -2.64. The van der Waals surface area contributed by atoms with Crippen molar-refractivity contribution >= 4 is 38.6 Å². The number of fused-ring (bicyclic) bond motifs is 1. The van der Waals surface area contributed by atoms with Gasteiger partial charge in [-0.3, -0.25) is 10.1 Å². The van der Waals surface area contributed by atoms with E-state index in [1.54, 1.807) is 41.7 Å². The molecule has 0 aliphatic heterocycles. The zero-order valence-electron chi connectivity index (χ0n) is 13.3. The summed E-state index contributed by atoms with van der Waals surface area (Å²) in [6, 6.07) is 13.3. The molecule has 0 spiro atoms. The number of para-hydroxylation sites is 1. The van der Waals surface area contributed by atoms with Gasteiger partial charge < -0.3 is 0 Å². The fraction of sp³-hybridized carbons (Fsp3) is 0.111. The number of aromatic nitrogens is 2. The molecule has 4 aromatic rings. The second-order valence-corrected chi connectivity index (χ2v) is 7.69. The summed E-state index contributed by atoms with van der Waals surface area (Å²) < 4.78 is 1.17. The Morgan fingerprint density at radius 2 is 1.96 bits per heavy atom. The molecule has 0 radical (unpaired) electrons. The second-order valence-electron chi connectivity index (χ2n) is 5.64. The molecule has 0 saturated carbocycles. The van der Waals surface area contributed by atoms with Crippen molar-refractivity contribution in [3.05, 3.63) is 73.5 Å². The highest BCUT2D eigenvalue weighted by atomic mass is 32.1. The van der Waals surface area contributed by atoms with Crippen LogP contribution < -0.4 is 0 Å². The van der Waals surface area contributed by atoms with Gasteiger partial charge in [0.05, 0.1) is 27.3 Å². The van der Waals surface area contributed by atoms with Crippen molar-refractivity contribution in [1.29, 1.82) is 0 Å². The molecule has 25 heavy (non-hydrogen) atoms. The van der Waals surface area contributed by atoms with Crippen LogP contribution in [0.4, 0.5) is 5.69 Å². The molecule has 0 unspecified atom stereocenters. The molecule has 0 atom stereocenters. The standard InChI is InChI=1S/C18H13N3O2S2/c1-11-6-7-12(8-15(11)21(22)23)14-10-24-17(20-14)9-18-19-13-4-2-3-5-16(13)25-18/h2-8,10H,9H2,1H3. The van der Waals surface area contributed by atoms with Crippen LogP contribution in [-0.4, -0.2) is 14.9 Å². The molecule has 124 valence electrons. The highest BCUT2D eigenvalue weighted by molar-refractivity contribution is 7.18. The van der Waals surface area contributed by atoms with E-state index in [1.165, 1.54) is 4.70 Å². The quantitative estimate of drug-likeness (QED) is 0.366. The summed E-state index contributed by atoms with van der Waals surface area (Å²) in [4.78, 5) is 20.0. The molecule has 0 amide bonds. The maximum atomic E-state index is 11.1. The van der Waals surface area contributed by atoms with Crippen molar-refractivity contribution in [3.8, 4) is 11.3 Å². The molecular weight excluding hydrogens is 354 g/mol.